The number of carboxylic acid groups (broad SMARTS) is 1. The number of fused-ring (bicyclic) bond motifs is 6. The maximum atomic E-state index is 14.3. The lowest BCUT2D eigenvalue weighted by Gasteiger charge is -2.41. The van der Waals surface area contributed by atoms with E-state index in [1.165, 1.54) is 58.7 Å². The predicted octanol–water partition coefficient (Wildman–Crippen LogP) is 19.6. The van der Waals surface area contributed by atoms with E-state index >= 15 is 0 Å². The molecule has 0 saturated heterocycles. The van der Waals surface area contributed by atoms with Crippen LogP contribution in [0.15, 0.2) is 112 Å². The molecule has 28 heteroatoms. The fourth-order valence-corrected chi connectivity index (χ4v) is 22.1. The number of carbonyl (C=O) groups is 2. The van der Waals surface area contributed by atoms with Gasteiger partial charge < -0.3 is 43.7 Å². The van der Waals surface area contributed by atoms with Crippen molar-refractivity contribution < 1.29 is 67.3 Å². The number of nitrogens with zero attached hydrogens (tertiary/aromatic N) is 7. The van der Waals surface area contributed by atoms with Gasteiger partial charge in [0.1, 0.15) is 61.2 Å². The summed E-state index contributed by atoms with van der Waals surface area (Å²) in [7, 11) is 0. The van der Waals surface area contributed by atoms with E-state index in [1.807, 2.05) is 78.5 Å². The first kappa shape index (κ1) is 78.4. The Morgan fingerprint density at radius 3 is 1.74 bits per heavy atom. The second-order valence-electron chi connectivity index (χ2n) is 31.2. The lowest BCUT2D eigenvalue weighted by molar-refractivity contribution is -0.191. The molecule has 0 radical (unpaired) electrons. The van der Waals surface area contributed by atoms with Gasteiger partial charge in [0.25, 0.3) is 0 Å². The summed E-state index contributed by atoms with van der Waals surface area (Å²) in [5.41, 5.74) is 9.39. The molecule has 8 saturated carbocycles. The maximum Gasteiger partial charge on any atom is 0.373 e. The molecule has 112 heavy (non-hydrogen) atoms. The first-order chi connectivity index (χ1) is 54.1. The molecule has 0 aliphatic heterocycles. The average Bonchev–Trinajstić information content (AvgIpc) is 1.58. The van der Waals surface area contributed by atoms with Crippen LogP contribution in [-0.2, 0) is 71.6 Å². The van der Waals surface area contributed by atoms with Gasteiger partial charge in [-0.1, -0.05) is 99.2 Å². The molecular formula is C84H82Cl4FN7O13S3. The van der Waals surface area contributed by atoms with Gasteiger partial charge in [0.15, 0.2) is 6.29 Å². The number of ether oxygens (including phenoxy) is 3. The number of carboxylic acids is 1. The quantitative estimate of drug-likeness (QED) is 0.0486. The largest absolute Gasteiger partial charge is 0.481 e. The van der Waals surface area contributed by atoms with E-state index in [4.69, 9.17) is 89.5 Å². The minimum atomic E-state index is -1.01. The first-order valence-corrected chi connectivity index (χ1v) is 42.2. The zero-order valence-corrected chi connectivity index (χ0v) is 66.9. The zero-order chi connectivity index (χ0) is 77.9. The Kier molecular flexibility index (Phi) is 22.9. The minimum absolute atomic E-state index is 0.00104. The molecular weight excluding hydrogens is 1570 g/mol. The molecule has 4 unspecified atom stereocenters. The summed E-state index contributed by atoms with van der Waals surface area (Å²) < 4.78 is 53.2. The monoisotopic (exact) mass is 1650 g/mol. The van der Waals surface area contributed by atoms with Crippen molar-refractivity contribution in [2.24, 2.45) is 23.7 Å². The second kappa shape index (κ2) is 32.7. The molecule has 11 aromatic rings. The van der Waals surface area contributed by atoms with E-state index in [-0.39, 0.29) is 60.4 Å². The molecule has 4 bridgehead atoms. The number of hydrogen-bond donors (Lipinski definition) is 4. The van der Waals surface area contributed by atoms with Crippen molar-refractivity contribution in [3.63, 3.8) is 0 Å². The minimum Gasteiger partial charge on any atom is -0.481 e. The van der Waals surface area contributed by atoms with Gasteiger partial charge >= 0.3 is 12.1 Å². The normalized spacial score (nSPS) is 25.1. The Labute approximate surface area is 677 Å². The molecule has 6 heterocycles. The summed E-state index contributed by atoms with van der Waals surface area (Å²) in [6.07, 6.45) is 18.9. The average molecular weight is 1650 g/mol. The van der Waals surface area contributed by atoms with Gasteiger partial charge in [-0.25, -0.2) is 19.0 Å². The van der Waals surface area contributed by atoms with E-state index in [1.54, 1.807) is 23.6 Å². The van der Waals surface area contributed by atoms with Crippen LogP contribution in [0.5, 0.6) is 0 Å². The second-order valence-corrected chi connectivity index (χ2v) is 35.5. The fourth-order valence-electron chi connectivity index (χ4n) is 17.9. The molecule has 8 atom stereocenters. The van der Waals surface area contributed by atoms with E-state index in [0.717, 1.165) is 160 Å². The Balaban J connectivity index is 0.000000125. The van der Waals surface area contributed by atoms with E-state index in [2.05, 4.69) is 37.6 Å². The van der Waals surface area contributed by atoms with Crippen molar-refractivity contribution in [2.45, 2.75) is 209 Å². The van der Waals surface area contributed by atoms with Crippen LogP contribution in [-0.4, -0.2) is 91.6 Å². The number of benzene rings is 5. The van der Waals surface area contributed by atoms with Crippen molar-refractivity contribution >= 4 is 119 Å². The Morgan fingerprint density at radius 1 is 0.643 bits per heavy atom. The summed E-state index contributed by atoms with van der Waals surface area (Å²) in [5.74, 6) is 2.02. The van der Waals surface area contributed by atoms with Gasteiger partial charge in [0.2, 0.25) is 0 Å². The molecule has 0 amide bonds. The van der Waals surface area contributed by atoms with Crippen molar-refractivity contribution in [1.82, 2.24) is 34.4 Å². The standard InChI is InChI=1S/C29H29ClFN3O2S.C27H24Cl2N2O4S.C27H29ClN2O5S.CO2/c1-16-4-2-5-22(30)27(16)34-24(21(14-32-34)17-8-9-17)15-36-20-12-18-10-11-19(13-20)29(18,35)28-33-26-23(31)6-3-7-25(26)37-28;28-20-2-1-3-21(29)24(20)25-19(26(35-30-25)15-4-5-15)14-34-17-8-10-27(33,11-9-17)16-6-7-23-18(12-16)22(13-32)31-36-23;1-14-3-2-4-21(28)23(14)24-20(25(35-30-24)15-5-6-15)12-34-19-9-16-7-8-17(10-19)27(16,33)26-29-18(13-36-26)11-22(31)32;2-1-3/h2-7,14,17-20,35H,8-13,15H2,1H3;1-3,6-7,12-13,15,17,33H,4-5,8-11,14H2;2-4,13,15-17,19,33H,5-12H2,1H3,(H,31,32);/t18-,19+,20?,29?;;16-,17+,19?,27?;. The molecule has 8 aliphatic carbocycles. The van der Waals surface area contributed by atoms with Gasteiger partial charge in [-0.3, -0.25) is 9.59 Å². The van der Waals surface area contributed by atoms with Gasteiger partial charge in [-0.2, -0.15) is 19.1 Å². The summed E-state index contributed by atoms with van der Waals surface area (Å²) in [4.78, 5) is 47.7. The number of thiazole rings is 2. The molecule has 5 aromatic carbocycles. The van der Waals surface area contributed by atoms with Crippen LogP contribution in [0.1, 0.15) is 210 Å². The molecule has 6 aromatic heterocycles. The van der Waals surface area contributed by atoms with Crippen LogP contribution < -0.4 is 0 Å². The summed E-state index contributed by atoms with van der Waals surface area (Å²) in [5, 5.41) is 63.9. The highest BCUT2D eigenvalue weighted by molar-refractivity contribution is 7.18. The van der Waals surface area contributed by atoms with Gasteiger partial charge in [-0.15, -0.1) is 22.7 Å². The molecule has 584 valence electrons. The van der Waals surface area contributed by atoms with Crippen LogP contribution >= 0.6 is 80.6 Å². The van der Waals surface area contributed by atoms with Crippen LogP contribution in [0.25, 0.3) is 48.5 Å². The molecule has 20 nitrogen and oxygen atoms in total. The number of aromatic nitrogens is 7. The Morgan fingerprint density at radius 2 is 1.18 bits per heavy atom. The predicted molar refractivity (Wildman–Crippen MR) is 423 cm³/mol. The summed E-state index contributed by atoms with van der Waals surface area (Å²) in [6, 6.07) is 27.9. The van der Waals surface area contributed by atoms with Crippen molar-refractivity contribution in [1.29, 1.82) is 0 Å². The Hall–Kier alpha value is -7.49. The number of halogens is 5. The number of para-hydroxylation sites is 2. The van der Waals surface area contributed by atoms with E-state index in [9.17, 15) is 29.3 Å². The number of aliphatic carboxylic acids is 1. The highest BCUT2D eigenvalue weighted by Gasteiger charge is 2.58. The lowest BCUT2D eigenvalue weighted by atomic mass is 9.73. The number of hydrogen-bond acceptors (Lipinski definition) is 21. The molecule has 4 N–H and O–H groups in total. The van der Waals surface area contributed by atoms with Crippen molar-refractivity contribution in [3.8, 4) is 28.2 Å². The molecule has 19 rings (SSSR count). The van der Waals surface area contributed by atoms with Crippen LogP contribution in [0.4, 0.5) is 4.39 Å². The highest BCUT2D eigenvalue weighted by Crippen LogP contribution is 2.59. The molecule has 0 spiro atoms. The number of rotatable bonds is 21. The topological polar surface area (TPSA) is 285 Å². The van der Waals surface area contributed by atoms with Crippen molar-refractivity contribution in [2.75, 3.05) is 0 Å². The lowest BCUT2D eigenvalue weighted by Crippen LogP contribution is -2.44. The highest BCUT2D eigenvalue weighted by atomic mass is 35.5. The Bertz CT molecular complexity index is 5270. The van der Waals surface area contributed by atoms with Gasteiger partial charge in [0, 0.05) is 44.9 Å². The number of aldehydes is 1. The molecule has 8 fully saturated rings. The fraction of sp³-hybridized carbons (Fsp3) is 0.440. The molecule has 8 aliphatic rings. The number of aryl methyl sites for hydroxylation is 2. The van der Waals surface area contributed by atoms with E-state index in [0.29, 0.717) is 122 Å². The third-order valence-electron chi connectivity index (χ3n) is 24.1. The van der Waals surface area contributed by atoms with Gasteiger partial charge in [0.05, 0.1) is 103 Å². The van der Waals surface area contributed by atoms with Crippen LogP contribution in [0.3, 0.4) is 0 Å². The smallest absolute Gasteiger partial charge is 0.373 e. The third kappa shape index (κ3) is 15.6. The number of carbonyl (C=O) groups excluding carboxylic acids is 3. The van der Waals surface area contributed by atoms with Crippen LogP contribution in [0.2, 0.25) is 20.1 Å². The van der Waals surface area contributed by atoms with Crippen molar-refractivity contribution in [3.05, 3.63) is 200 Å². The van der Waals surface area contributed by atoms with Gasteiger partial charge in [-0.05, 0) is 241 Å². The van der Waals surface area contributed by atoms with Crippen LogP contribution in [0, 0.1) is 43.3 Å². The first-order valence-electron chi connectivity index (χ1n) is 38.2. The summed E-state index contributed by atoms with van der Waals surface area (Å²) in [6.45, 7) is 5.29. The SMILES string of the molecule is Cc1cccc(Cl)c1-c1noc(C2CC2)c1COC1C[C@H]2CC[C@@H](C1)C2(O)c1nc(CC(=O)O)cs1.Cc1cccc(Cl)c1-n1ncc(C2CC2)c1COC1C[C@H]2CC[C@@H](C1)C2(O)c1nc2c(F)cccc2s1.O=C=O.O=Cc1nsc2ccc(C3(O)CCC(OCc4c(-c5c(Cl)cccc5Cl)noc4C4CC4)CC3)cc12. The zero-order valence-electron chi connectivity index (χ0n) is 61.4. The summed E-state index contributed by atoms with van der Waals surface area (Å²) >= 11 is 30.2. The van der Waals surface area contributed by atoms with E-state index < -0.39 is 22.8 Å². The maximum absolute atomic E-state index is 14.3. The number of aliphatic hydroxyl groups is 3. The third-order valence-corrected chi connectivity index (χ3v) is 28.4.